The minimum atomic E-state index is 0. The molecule has 0 heterocycles. The molecule has 0 aromatic heterocycles. The Bertz CT molecular complexity index is 961. The fourth-order valence-corrected chi connectivity index (χ4v) is 3.11. The van der Waals surface area contributed by atoms with E-state index in [1.165, 1.54) is 36.3 Å². The molecule has 142 valence electrons. The second kappa shape index (κ2) is 12.3. The van der Waals surface area contributed by atoms with Crippen LogP contribution in [0, 0.1) is 12.2 Å². The van der Waals surface area contributed by atoms with Crippen LogP contribution >= 0.6 is 0 Å². The van der Waals surface area contributed by atoms with Crippen LogP contribution in [0.3, 0.4) is 0 Å². The van der Waals surface area contributed by atoms with Gasteiger partial charge < -0.3 is 24.8 Å². The second-order valence-electron chi connectivity index (χ2n) is 6.54. The van der Waals surface area contributed by atoms with Crippen molar-refractivity contribution in [1.82, 2.24) is 0 Å². The maximum atomic E-state index is 3.37. The first-order chi connectivity index (χ1) is 12.7. The van der Waals surface area contributed by atoms with E-state index in [2.05, 4.69) is 80.6 Å². The Morgan fingerprint density at radius 1 is 1.04 bits per heavy atom. The Morgan fingerprint density at radius 2 is 1.79 bits per heavy atom. The van der Waals surface area contributed by atoms with E-state index in [9.17, 15) is 0 Å². The van der Waals surface area contributed by atoms with Gasteiger partial charge in [-0.25, -0.2) is 12.2 Å². The van der Waals surface area contributed by atoms with Crippen LogP contribution < -0.4 is 24.8 Å². The zero-order valence-corrected chi connectivity index (χ0v) is 20.1. The number of hydrogen-bond donors (Lipinski definition) is 0. The standard InChI is InChI=1S/C17H11.C5H5.C3H6.2ClH.Zr/c1-2-6-15-12(4-1)8-10-14-11-9-13-5-3-7-16(13)17(14)15;1-2-4-5-3-1;1-3-2;;;/h1-6,8-10H,11H2;1-3H,4H2;1-2H3;2*1H;/q2*-1;;;;+2/p-2. The van der Waals surface area contributed by atoms with E-state index in [1.54, 1.807) is 24.2 Å². The summed E-state index contributed by atoms with van der Waals surface area (Å²) in [5.41, 5.74) is 5.39. The van der Waals surface area contributed by atoms with Crippen LogP contribution in [-0.2, 0) is 30.7 Å². The van der Waals surface area contributed by atoms with Gasteiger partial charge in [-0.05, 0) is 11.8 Å². The zero-order valence-electron chi connectivity index (χ0n) is 16.1. The maximum absolute atomic E-state index is 3.37. The van der Waals surface area contributed by atoms with Crippen LogP contribution in [0.4, 0.5) is 0 Å². The van der Waals surface area contributed by atoms with E-state index in [0.717, 1.165) is 12.8 Å². The topological polar surface area (TPSA) is 0 Å². The smallest absolute Gasteiger partial charge is 0.0263 e. The first-order valence-electron chi connectivity index (χ1n) is 8.92. The van der Waals surface area contributed by atoms with Gasteiger partial charge >= 0.3 is 41.3 Å². The molecule has 28 heavy (non-hydrogen) atoms. The fourth-order valence-electron chi connectivity index (χ4n) is 3.11. The predicted molar refractivity (Wildman–Crippen MR) is 109 cm³/mol. The molecule has 2 aromatic rings. The Labute approximate surface area is 196 Å². The van der Waals surface area contributed by atoms with Crippen molar-refractivity contribution < 1.29 is 49.0 Å². The average molecular weight is 485 g/mol. The minimum absolute atomic E-state index is 0. The number of allylic oxidation sites excluding steroid dienone is 10. The summed E-state index contributed by atoms with van der Waals surface area (Å²) in [7, 11) is 0. The molecule has 0 atom stereocenters. The fraction of sp³-hybridized carbons (Fsp3) is 0.160. The third-order valence-corrected chi connectivity index (χ3v) is 4.17. The van der Waals surface area contributed by atoms with Crippen molar-refractivity contribution >= 4 is 19.6 Å². The van der Waals surface area contributed by atoms with Gasteiger partial charge in [-0.1, -0.05) is 52.9 Å². The van der Waals surface area contributed by atoms with Crippen molar-refractivity contribution in [3.8, 4) is 0 Å². The molecule has 0 aliphatic heterocycles. The minimum Gasteiger partial charge on any atom is -1.00 e. The summed E-state index contributed by atoms with van der Waals surface area (Å²) in [5, 5.41) is 2.66. The molecule has 5 rings (SSSR count). The molecular weight excluding hydrogens is 462 g/mol. The van der Waals surface area contributed by atoms with Gasteiger partial charge in [-0.15, -0.1) is 29.7 Å². The molecule has 2 aromatic carbocycles. The third-order valence-electron chi connectivity index (χ3n) is 4.17. The molecule has 0 spiro atoms. The summed E-state index contributed by atoms with van der Waals surface area (Å²) in [5.74, 6) is 0. The summed E-state index contributed by atoms with van der Waals surface area (Å²) in [4.78, 5) is 0. The normalized spacial score (nSPS) is 14.1. The molecule has 3 aliphatic rings. The van der Waals surface area contributed by atoms with Crippen LogP contribution in [0.1, 0.15) is 31.4 Å². The van der Waals surface area contributed by atoms with Crippen LogP contribution in [0.25, 0.3) is 16.3 Å². The monoisotopic (exact) mass is 482 g/mol. The van der Waals surface area contributed by atoms with Crippen LogP contribution in [-0.4, -0.2) is 3.21 Å². The Kier molecular flexibility index (Phi) is 10.9. The SMILES string of the molecule is C[C](C)=[Zr+2].[C-]1=C2C(=CCc3ccc4ccccc4c32)C=C1.[C-]1=CC=CC1.[Cl-].[Cl-]. The second-order valence-corrected chi connectivity index (χ2v) is 9.00. The summed E-state index contributed by atoms with van der Waals surface area (Å²) < 4.78 is 1.51. The molecule has 0 unspecified atom stereocenters. The number of halogens is 2. The number of benzene rings is 2. The van der Waals surface area contributed by atoms with E-state index >= 15 is 0 Å². The van der Waals surface area contributed by atoms with Crippen LogP contribution in [0.15, 0.2) is 78.4 Å². The Morgan fingerprint density at radius 3 is 2.43 bits per heavy atom. The van der Waals surface area contributed by atoms with Gasteiger partial charge in [0.2, 0.25) is 0 Å². The molecule has 0 saturated heterocycles. The predicted octanol–water partition coefficient (Wildman–Crippen LogP) is 0.138. The summed E-state index contributed by atoms with van der Waals surface area (Å²) >= 11 is 1.55. The number of rotatable bonds is 0. The molecule has 0 amide bonds. The van der Waals surface area contributed by atoms with Crippen molar-refractivity contribution in [2.24, 2.45) is 0 Å². The van der Waals surface area contributed by atoms with Crippen molar-refractivity contribution in [3.05, 3.63) is 102 Å². The Balaban J connectivity index is 0.000000302. The molecule has 0 saturated carbocycles. The first kappa shape index (κ1) is 24.8. The van der Waals surface area contributed by atoms with Crippen LogP contribution in [0.2, 0.25) is 0 Å². The third kappa shape index (κ3) is 6.38. The van der Waals surface area contributed by atoms with E-state index in [-0.39, 0.29) is 24.8 Å². The largest absolute Gasteiger partial charge is 1.00 e. The van der Waals surface area contributed by atoms with Gasteiger partial charge in [0.1, 0.15) is 0 Å². The summed E-state index contributed by atoms with van der Waals surface area (Å²) in [6.07, 6.45) is 20.9. The quantitative estimate of drug-likeness (QED) is 0.467. The van der Waals surface area contributed by atoms with Gasteiger partial charge in [0.25, 0.3) is 0 Å². The first-order valence-corrected chi connectivity index (χ1v) is 10.1. The molecule has 0 N–H and O–H groups in total. The molecule has 0 nitrogen and oxygen atoms in total. The molecule has 0 fully saturated rings. The summed E-state index contributed by atoms with van der Waals surface area (Å²) in [6.45, 7) is 4.25. The molecule has 0 bridgehead atoms. The van der Waals surface area contributed by atoms with Crippen molar-refractivity contribution in [3.63, 3.8) is 0 Å². The molecule has 3 aliphatic carbocycles. The van der Waals surface area contributed by atoms with Gasteiger partial charge in [-0.3, -0.25) is 6.08 Å². The van der Waals surface area contributed by atoms with E-state index in [4.69, 9.17) is 0 Å². The van der Waals surface area contributed by atoms with Crippen LogP contribution in [0.5, 0.6) is 0 Å². The summed E-state index contributed by atoms with van der Waals surface area (Å²) in [6, 6.07) is 13.1. The number of fused-ring (bicyclic) bond motifs is 5. The van der Waals surface area contributed by atoms with Crippen molar-refractivity contribution in [2.75, 3.05) is 0 Å². The van der Waals surface area contributed by atoms with E-state index < -0.39 is 0 Å². The van der Waals surface area contributed by atoms with Crippen molar-refractivity contribution in [1.29, 1.82) is 0 Å². The zero-order chi connectivity index (χ0) is 18.4. The van der Waals surface area contributed by atoms with Gasteiger partial charge in [0.15, 0.2) is 0 Å². The maximum Gasteiger partial charge on any atom is -0.0263 e. The van der Waals surface area contributed by atoms with E-state index in [0.29, 0.717) is 0 Å². The molecular formula is C25H22Cl2Zr-2. The van der Waals surface area contributed by atoms with Gasteiger partial charge in [0, 0.05) is 0 Å². The van der Waals surface area contributed by atoms with Gasteiger partial charge in [0.05, 0.1) is 0 Å². The Hall–Kier alpha value is -1.27. The average Bonchev–Trinajstić information content (AvgIpc) is 3.35. The van der Waals surface area contributed by atoms with Crippen molar-refractivity contribution in [2.45, 2.75) is 26.7 Å². The van der Waals surface area contributed by atoms with Gasteiger partial charge in [-0.2, -0.15) is 18.2 Å². The molecule has 0 radical (unpaired) electrons. The molecule has 3 heteroatoms. The van der Waals surface area contributed by atoms with E-state index in [1.807, 2.05) is 18.2 Å². The number of hydrogen-bond acceptors (Lipinski definition) is 0.